The maximum Gasteiger partial charge on any atom is 0.0440 e. The average Bonchev–Trinajstić information content (AvgIpc) is 3.92. The second kappa shape index (κ2) is 10.0. The molecule has 15 rings (SSSR count). The van der Waals surface area contributed by atoms with Gasteiger partial charge in [0.1, 0.15) is 0 Å². The van der Waals surface area contributed by atoms with Gasteiger partial charge in [-0.15, -0.1) is 11.3 Å². The first-order chi connectivity index (χ1) is 28.3. The molecule has 0 saturated heterocycles. The van der Waals surface area contributed by atoms with E-state index in [0.29, 0.717) is 0 Å². The lowest BCUT2D eigenvalue weighted by Crippen LogP contribution is -1.89. The molecule has 0 saturated carbocycles. The fraction of sp³-hybridized carbons (Fsp3) is 0. The van der Waals surface area contributed by atoms with Gasteiger partial charge in [-0.05, 0) is 155 Å². The molecule has 0 aliphatic rings. The first-order valence-corrected chi connectivity index (χ1v) is 20.7. The van der Waals surface area contributed by atoms with E-state index in [4.69, 9.17) is 0 Å². The largest absolute Gasteiger partial charge is 0.134 e. The van der Waals surface area contributed by atoms with Gasteiger partial charge in [0.2, 0.25) is 0 Å². The van der Waals surface area contributed by atoms with Gasteiger partial charge in [-0.1, -0.05) is 140 Å². The number of hydrogen-bond donors (Lipinski definition) is 0. The minimum Gasteiger partial charge on any atom is -0.134 e. The van der Waals surface area contributed by atoms with Crippen LogP contribution in [0.5, 0.6) is 0 Å². The van der Waals surface area contributed by atoms with Crippen molar-refractivity contribution >= 4 is 139 Å². The van der Waals surface area contributed by atoms with Crippen LogP contribution in [0.4, 0.5) is 0 Å². The van der Waals surface area contributed by atoms with Crippen molar-refractivity contribution in [1.82, 2.24) is 0 Å². The number of thiophene rings is 1. The number of fused-ring (bicyclic) bond motifs is 13. The van der Waals surface area contributed by atoms with Gasteiger partial charge in [-0.3, -0.25) is 0 Å². The highest BCUT2D eigenvalue weighted by atomic mass is 32.1. The molecular formula is C56H28S. The third kappa shape index (κ3) is 3.48. The van der Waals surface area contributed by atoms with Gasteiger partial charge in [0.05, 0.1) is 0 Å². The number of hydrogen-bond acceptors (Lipinski definition) is 1. The van der Waals surface area contributed by atoms with Crippen molar-refractivity contribution in [2.75, 3.05) is 0 Å². The zero-order chi connectivity index (χ0) is 36.7. The van der Waals surface area contributed by atoms with Crippen LogP contribution in [0.3, 0.4) is 0 Å². The molecule has 1 heteroatoms. The summed E-state index contributed by atoms with van der Waals surface area (Å²) in [6, 6.07) is 64.5. The Kier molecular flexibility index (Phi) is 5.14. The van der Waals surface area contributed by atoms with Crippen molar-refractivity contribution in [3.05, 3.63) is 170 Å². The lowest BCUT2D eigenvalue weighted by molar-refractivity contribution is 1.60. The normalized spacial score (nSPS) is 12.9. The fourth-order valence-corrected chi connectivity index (χ4v) is 12.6. The zero-order valence-electron chi connectivity index (χ0n) is 30.6. The average molecular weight is 733 g/mol. The highest BCUT2D eigenvalue weighted by molar-refractivity contribution is 7.27. The molecule has 0 amide bonds. The topological polar surface area (TPSA) is 0 Å². The third-order valence-electron chi connectivity index (χ3n) is 13.6. The van der Waals surface area contributed by atoms with Crippen LogP contribution in [0.25, 0.3) is 150 Å². The molecule has 1 aromatic heterocycles. The third-order valence-corrected chi connectivity index (χ3v) is 14.7. The van der Waals surface area contributed by atoms with E-state index < -0.39 is 0 Å². The van der Waals surface area contributed by atoms with Crippen LogP contribution >= 0.6 is 11.3 Å². The Morgan fingerprint density at radius 2 is 0.684 bits per heavy atom. The molecule has 0 N–H and O–H groups in total. The monoisotopic (exact) mass is 732 g/mol. The summed E-state index contributed by atoms with van der Waals surface area (Å²) in [5, 5.41) is 30.3. The summed E-state index contributed by atoms with van der Waals surface area (Å²) in [6.07, 6.45) is 0. The maximum atomic E-state index is 2.53. The molecule has 0 fully saturated rings. The van der Waals surface area contributed by atoms with E-state index in [9.17, 15) is 0 Å². The molecule has 0 radical (unpaired) electrons. The summed E-state index contributed by atoms with van der Waals surface area (Å²) in [4.78, 5) is 0. The van der Waals surface area contributed by atoms with E-state index in [0.717, 1.165) is 0 Å². The van der Waals surface area contributed by atoms with Crippen molar-refractivity contribution in [3.8, 4) is 22.3 Å². The molecule has 14 aromatic carbocycles. The van der Waals surface area contributed by atoms with Gasteiger partial charge < -0.3 is 0 Å². The molecule has 0 unspecified atom stereocenters. The molecule has 0 nitrogen and oxygen atoms in total. The molecule has 0 aliphatic carbocycles. The first kappa shape index (κ1) is 29.3. The number of rotatable bonds is 2. The Morgan fingerprint density at radius 3 is 1.35 bits per heavy atom. The summed E-state index contributed by atoms with van der Waals surface area (Å²) in [6.45, 7) is 0. The van der Waals surface area contributed by atoms with Crippen molar-refractivity contribution in [2.45, 2.75) is 0 Å². The molecule has 0 atom stereocenters. The minimum absolute atomic E-state index is 1.25. The SMILES string of the molecule is c1ccc(-c2ccc(-c3ccc4c(c3)sc3c5cc6cc7ccc8c9c%10ccccc%10c%10ccccc%10c9c9cc%10cc%11ccc(c43)c5c%11c6c%10c7c89)cc2)cc1. The smallest absolute Gasteiger partial charge is 0.0440 e. The Balaban J connectivity index is 1.02. The minimum atomic E-state index is 1.25. The van der Waals surface area contributed by atoms with Crippen LogP contribution in [0, 0.1) is 0 Å². The number of benzene rings is 12. The second-order valence-corrected chi connectivity index (χ2v) is 17.3. The van der Waals surface area contributed by atoms with Crippen LogP contribution in [0.1, 0.15) is 0 Å². The highest BCUT2D eigenvalue weighted by Gasteiger charge is 2.26. The van der Waals surface area contributed by atoms with Crippen LogP contribution < -0.4 is 0 Å². The predicted molar refractivity (Wildman–Crippen MR) is 250 cm³/mol. The molecule has 15 aromatic rings. The van der Waals surface area contributed by atoms with Crippen LogP contribution in [0.2, 0.25) is 0 Å². The van der Waals surface area contributed by atoms with Gasteiger partial charge in [0.15, 0.2) is 0 Å². The van der Waals surface area contributed by atoms with Crippen molar-refractivity contribution in [1.29, 1.82) is 0 Å². The summed E-state index contributed by atoms with van der Waals surface area (Å²) in [5.74, 6) is 0. The van der Waals surface area contributed by atoms with E-state index in [-0.39, 0.29) is 0 Å². The Labute approximate surface area is 329 Å². The van der Waals surface area contributed by atoms with Crippen LogP contribution in [-0.4, -0.2) is 0 Å². The quantitative estimate of drug-likeness (QED) is 0.123. The van der Waals surface area contributed by atoms with E-state index >= 15 is 0 Å². The molecule has 258 valence electrons. The Hall–Kier alpha value is -7.06. The molecule has 0 bridgehead atoms. The summed E-state index contributed by atoms with van der Waals surface area (Å²) < 4.78 is 2.76. The molecular weight excluding hydrogens is 705 g/mol. The molecule has 0 spiro atoms. The summed E-state index contributed by atoms with van der Waals surface area (Å²) in [5.41, 5.74) is 5.01. The highest BCUT2D eigenvalue weighted by Crippen LogP contribution is 2.55. The van der Waals surface area contributed by atoms with Gasteiger partial charge in [-0.25, -0.2) is 0 Å². The van der Waals surface area contributed by atoms with Gasteiger partial charge in [0, 0.05) is 25.6 Å². The standard InChI is InChI=1S/C56H28S/c1-2-8-29(9-3-1)30-14-16-31(17-15-30)32-18-21-41-46(28-32)57-56-45-27-36-25-33-19-22-42-51-39-12-6-4-10-37(39)38-11-5-7-13-40(38)52(51)44-26-35-24-34-20-23-43(55(41)56)54(45)48(34)50(36)49(35)47(33)53(42)44/h1-28H. The summed E-state index contributed by atoms with van der Waals surface area (Å²) >= 11 is 1.96. The Morgan fingerprint density at radius 1 is 0.228 bits per heavy atom. The van der Waals surface area contributed by atoms with E-state index in [1.54, 1.807) is 0 Å². The van der Waals surface area contributed by atoms with Crippen LogP contribution in [0.15, 0.2) is 170 Å². The second-order valence-electron chi connectivity index (χ2n) is 16.3. The lowest BCUT2D eigenvalue weighted by atomic mass is 9.85. The van der Waals surface area contributed by atoms with Gasteiger partial charge in [0.25, 0.3) is 0 Å². The van der Waals surface area contributed by atoms with Crippen molar-refractivity contribution < 1.29 is 0 Å². The van der Waals surface area contributed by atoms with Gasteiger partial charge in [-0.2, -0.15) is 0 Å². The first-order valence-electron chi connectivity index (χ1n) is 19.9. The van der Waals surface area contributed by atoms with Crippen LogP contribution in [-0.2, 0) is 0 Å². The van der Waals surface area contributed by atoms with E-state index in [1.165, 1.54) is 150 Å². The summed E-state index contributed by atoms with van der Waals surface area (Å²) in [7, 11) is 0. The maximum absolute atomic E-state index is 2.53. The van der Waals surface area contributed by atoms with E-state index in [2.05, 4.69) is 170 Å². The van der Waals surface area contributed by atoms with Crippen molar-refractivity contribution in [2.24, 2.45) is 0 Å². The van der Waals surface area contributed by atoms with Crippen molar-refractivity contribution in [3.63, 3.8) is 0 Å². The van der Waals surface area contributed by atoms with E-state index in [1.807, 2.05) is 11.3 Å². The molecule has 57 heavy (non-hydrogen) atoms. The predicted octanol–water partition coefficient (Wildman–Crippen LogP) is 16.7. The molecule has 0 aliphatic heterocycles. The molecule has 1 heterocycles. The Bertz CT molecular complexity index is 4170. The lowest BCUT2D eigenvalue weighted by Gasteiger charge is -2.18. The zero-order valence-corrected chi connectivity index (χ0v) is 31.4. The van der Waals surface area contributed by atoms with Gasteiger partial charge >= 0.3 is 0 Å². The fourth-order valence-electron chi connectivity index (χ4n) is 11.3.